The zero-order chi connectivity index (χ0) is 19.4. The predicted molar refractivity (Wildman–Crippen MR) is 97.4 cm³/mol. The van der Waals surface area contributed by atoms with Gasteiger partial charge in [-0.05, 0) is 33.6 Å². The van der Waals surface area contributed by atoms with Crippen molar-refractivity contribution >= 4 is 11.9 Å². The second-order valence-electron chi connectivity index (χ2n) is 8.55. The minimum absolute atomic E-state index is 0.114. The van der Waals surface area contributed by atoms with Gasteiger partial charge in [0.15, 0.2) is 0 Å². The van der Waals surface area contributed by atoms with E-state index in [1.807, 2.05) is 20.8 Å². The van der Waals surface area contributed by atoms with Crippen LogP contribution in [0.1, 0.15) is 45.2 Å². The van der Waals surface area contributed by atoms with E-state index in [1.165, 1.54) is 0 Å². The van der Waals surface area contributed by atoms with Crippen LogP contribution < -0.4 is 5.73 Å². The average molecular weight is 369 g/mol. The Morgan fingerprint density at radius 3 is 2.70 bits per heavy atom. The summed E-state index contributed by atoms with van der Waals surface area (Å²) in [6.07, 6.45) is 4.82. The lowest BCUT2D eigenvalue weighted by Crippen LogP contribution is -2.64. The third-order valence-electron chi connectivity index (χ3n) is 5.22. The van der Waals surface area contributed by atoms with Gasteiger partial charge in [-0.3, -0.25) is 5.10 Å². The number of rotatable bonds is 2. The number of amides is 1. The Bertz CT molecular complexity index is 903. The number of aromatic amines is 1. The highest BCUT2D eigenvalue weighted by atomic mass is 16.6. The highest BCUT2D eigenvalue weighted by Gasteiger charge is 2.55. The minimum atomic E-state index is -0.483. The molecule has 0 bridgehead atoms. The number of carbonyl (C=O) groups excluding carboxylic acids is 1. The van der Waals surface area contributed by atoms with Crippen molar-refractivity contribution in [3.05, 3.63) is 18.0 Å². The summed E-state index contributed by atoms with van der Waals surface area (Å²) in [7, 11) is 0. The van der Waals surface area contributed by atoms with Gasteiger partial charge in [0.2, 0.25) is 0 Å². The molecule has 1 spiro atoms. The Labute approximate surface area is 157 Å². The monoisotopic (exact) mass is 369 g/mol. The summed E-state index contributed by atoms with van der Waals surface area (Å²) < 4.78 is 7.17. The Morgan fingerprint density at radius 1 is 1.44 bits per heavy atom. The van der Waals surface area contributed by atoms with Gasteiger partial charge in [-0.25, -0.2) is 9.48 Å². The number of hydrogen-bond acceptors (Lipinski definition) is 6. The summed E-state index contributed by atoms with van der Waals surface area (Å²) in [5.74, 6) is 0.386. The van der Waals surface area contributed by atoms with Gasteiger partial charge in [-0.15, -0.1) is 0 Å². The van der Waals surface area contributed by atoms with Gasteiger partial charge in [-0.1, -0.05) is 0 Å². The average Bonchev–Trinajstić information content (AvgIpc) is 3.10. The van der Waals surface area contributed by atoms with Crippen LogP contribution in [0, 0.1) is 16.7 Å². The number of ether oxygens (including phenoxy) is 1. The van der Waals surface area contributed by atoms with Crippen molar-refractivity contribution in [2.24, 2.45) is 5.41 Å². The highest BCUT2D eigenvalue weighted by molar-refractivity contribution is 5.72. The molecule has 0 aromatic carbocycles. The number of nitrogen functional groups attached to an aromatic ring is 1. The van der Waals surface area contributed by atoms with Gasteiger partial charge in [0.1, 0.15) is 28.7 Å². The SMILES string of the molecule is CC(C)(C)OC(=O)N1CC2(CC(n3nc(-c4cn[nH]c4)c(C#N)c3N)C2)C1. The van der Waals surface area contributed by atoms with E-state index in [4.69, 9.17) is 10.5 Å². The van der Waals surface area contributed by atoms with Crippen molar-refractivity contribution < 1.29 is 9.53 Å². The van der Waals surface area contributed by atoms with Gasteiger partial charge >= 0.3 is 6.09 Å². The number of nitrogens with two attached hydrogens (primary N) is 1. The molecule has 3 N–H and O–H groups in total. The second kappa shape index (κ2) is 5.74. The van der Waals surface area contributed by atoms with E-state index in [1.54, 1.807) is 22.0 Å². The summed E-state index contributed by atoms with van der Waals surface area (Å²) in [6, 6.07) is 2.29. The molecule has 1 saturated heterocycles. The number of aromatic nitrogens is 4. The first-order valence-corrected chi connectivity index (χ1v) is 8.96. The first-order valence-electron chi connectivity index (χ1n) is 8.96. The fourth-order valence-corrected chi connectivity index (χ4v) is 4.01. The zero-order valence-electron chi connectivity index (χ0n) is 15.7. The summed E-state index contributed by atoms with van der Waals surface area (Å²) in [5, 5.41) is 20.7. The number of carbonyl (C=O) groups is 1. The van der Waals surface area contributed by atoms with Crippen LogP contribution in [0.5, 0.6) is 0 Å². The van der Waals surface area contributed by atoms with Crippen molar-refractivity contribution in [2.75, 3.05) is 18.8 Å². The first kappa shape index (κ1) is 17.4. The maximum atomic E-state index is 12.1. The lowest BCUT2D eigenvalue weighted by atomic mass is 9.61. The van der Waals surface area contributed by atoms with E-state index in [2.05, 4.69) is 21.4 Å². The largest absolute Gasteiger partial charge is 0.444 e. The molecule has 0 atom stereocenters. The van der Waals surface area contributed by atoms with Crippen LogP contribution in [-0.2, 0) is 4.74 Å². The Hall–Kier alpha value is -3.02. The van der Waals surface area contributed by atoms with Crippen LogP contribution in [0.2, 0.25) is 0 Å². The van der Waals surface area contributed by atoms with E-state index in [0.717, 1.165) is 18.4 Å². The number of anilines is 1. The predicted octanol–water partition coefficient (Wildman–Crippen LogP) is 2.30. The molecule has 9 nitrogen and oxygen atoms in total. The topological polar surface area (TPSA) is 126 Å². The number of nitrogens with one attached hydrogen (secondary N) is 1. The van der Waals surface area contributed by atoms with Gasteiger partial charge in [-0.2, -0.15) is 15.5 Å². The van der Waals surface area contributed by atoms with Crippen molar-refractivity contribution in [3.63, 3.8) is 0 Å². The molecule has 2 aromatic heterocycles. The fourth-order valence-electron chi connectivity index (χ4n) is 4.01. The molecule has 1 amide bonds. The van der Waals surface area contributed by atoms with Crippen molar-refractivity contribution in [2.45, 2.75) is 45.3 Å². The van der Waals surface area contributed by atoms with Gasteiger partial charge in [0.25, 0.3) is 0 Å². The molecule has 9 heteroatoms. The van der Waals surface area contributed by atoms with Crippen molar-refractivity contribution in [3.8, 4) is 17.3 Å². The summed E-state index contributed by atoms with van der Waals surface area (Å²) in [6.45, 7) is 6.98. The first-order chi connectivity index (χ1) is 12.7. The van der Waals surface area contributed by atoms with E-state index in [9.17, 15) is 10.1 Å². The minimum Gasteiger partial charge on any atom is -0.444 e. The van der Waals surface area contributed by atoms with Crippen LogP contribution in [-0.4, -0.2) is 49.7 Å². The molecule has 4 rings (SSSR count). The molecule has 1 aliphatic carbocycles. The second-order valence-corrected chi connectivity index (χ2v) is 8.55. The van der Waals surface area contributed by atoms with Crippen molar-refractivity contribution in [1.82, 2.24) is 24.9 Å². The molecule has 3 heterocycles. The molecule has 1 aliphatic heterocycles. The molecular weight excluding hydrogens is 346 g/mol. The van der Waals surface area contributed by atoms with Crippen LogP contribution in [0.3, 0.4) is 0 Å². The molecule has 27 heavy (non-hydrogen) atoms. The number of nitrogens with zero attached hydrogens (tertiary/aromatic N) is 5. The molecular formula is C18H23N7O2. The number of H-pyrrole nitrogens is 1. The quantitative estimate of drug-likeness (QED) is 0.836. The lowest BCUT2D eigenvalue weighted by molar-refractivity contribution is -0.0923. The van der Waals surface area contributed by atoms with Gasteiger partial charge < -0.3 is 15.4 Å². The lowest BCUT2D eigenvalue weighted by Gasteiger charge is -2.58. The number of likely N-dealkylation sites (tertiary alicyclic amines) is 1. The highest BCUT2D eigenvalue weighted by Crippen LogP contribution is 2.55. The maximum Gasteiger partial charge on any atom is 0.410 e. The summed E-state index contributed by atoms with van der Waals surface area (Å²) in [5.41, 5.74) is 7.48. The van der Waals surface area contributed by atoms with Crippen LogP contribution in [0.15, 0.2) is 12.4 Å². The summed E-state index contributed by atoms with van der Waals surface area (Å²) in [4.78, 5) is 13.9. The van der Waals surface area contributed by atoms with Crippen molar-refractivity contribution in [1.29, 1.82) is 5.26 Å². The van der Waals surface area contributed by atoms with Gasteiger partial charge in [0, 0.05) is 30.3 Å². The zero-order valence-corrected chi connectivity index (χ0v) is 15.7. The Balaban J connectivity index is 1.43. The third-order valence-corrected chi connectivity index (χ3v) is 5.22. The molecule has 1 saturated carbocycles. The molecule has 2 aliphatic rings. The smallest absolute Gasteiger partial charge is 0.410 e. The van der Waals surface area contributed by atoms with Gasteiger partial charge in [0.05, 0.1) is 12.2 Å². The van der Waals surface area contributed by atoms with Crippen LogP contribution in [0.4, 0.5) is 10.6 Å². The number of hydrogen-bond donors (Lipinski definition) is 2. The molecule has 2 aromatic rings. The Morgan fingerprint density at radius 2 is 2.15 bits per heavy atom. The normalized spacial score (nSPS) is 18.7. The van der Waals surface area contributed by atoms with Crippen LogP contribution in [0.25, 0.3) is 11.3 Å². The fraction of sp³-hybridized carbons (Fsp3) is 0.556. The summed E-state index contributed by atoms with van der Waals surface area (Å²) >= 11 is 0. The molecule has 2 fully saturated rings. The third kappa shape index (κ3) is 2.91. The number of nitriles is 1. The van der Waals surface area contributed by atoms with E-state index in [0.29, 0.717) is 30.2 Å². The van der Waals surface area contributed by atoms with E-state index < -0.39 is 5.60 Å². The molecule has 0 radical (unpaired) electrons. The Kier molecular flexibility index (Phi) is 3.70. The van der Waals surface area contributed by atoms with Crippen LogP contribution >= 0.6 is 0 Å². The maximum absolute atomic E-state index is 12.1. The standard InChI is InChI=1S/C18H23N7O2/c1-17(2,3)27-16(26)24-9-18(10-24)4-12(5-18)25-15(20)13(6-19)14(23-25)11-7-21-22-8-11/h7-8,12H,4-5,9-10,20H2,1-3H3,(H,21,22). The van der Waals surface area contributed by atoms with E-state index >= 15 is 0 Å². The molecule has 0 unspecified atom stereocenters. The molecule has 142 valence electrons. The van der Waals surface area contributed by atoms with E-state index in [-0.39, 0.29) is 17.6 Å².